The number of anilines is 1. The van der Waals surface area contributed by atoms with E-state index in [-0.39, 0.29) is 5.91 Å². The van der Waals surface area contributed by atoms with Crippen molar-refractivity contribution < 1.29 is 4.79 Å². The molecule has 3 aromatic carbocycles. The smallest absolute Gasteiger partial charge is 0.226 e. The van der Waals surface area contributed by atoms with Gasteiger partial charge in [0.05, 0.1) is 0 Å². The number of rotatable bonds is 9. The quantitative estimate of drug-likeness (QED) is 0.213. The summed E-state index contributed by atoms with van der Waals surface area (Å²) in [6, 6.07) is 27.7. The largest absolute Gasteiger partial charge is 0.302 e. The lowest BCUT2D eigenvalue weighted by Gasteiger charge is -2.10. The Morgan fingerprint density at radius 2 is 1.75 bits per heavy atom. The van der Waals surface area contributed by atoms with Crippen LogP contribution < -0.4 is 5.32 Å². The van der Waals surface area contributed by atoms with Crippen LogP contribution in [0.4, 0.5) is 5.13 Å². The van der Waals surface area contributed by atoms with E-state index in [4.69, 9.17) is 11.6 Å². The predicted octanol–water partition coefficient (Wildman–Crippen LogP) is 6.76. The first-order valence-electron chi connectivity index (χ1n) is 11.3. The van der Waals surface area contributed by atoms with Crippen molar-refractivity contribution >= 4 is 45.7 Å². The van der Waals surface area contributed by atoms with Gasteiger partial charge in [0, 0.05) is 45.9 Å². The van der Waals surface area contributed by atoms with Gasteiger partial charge < -0.3 is 5.32 Å². The molecule has 0 bridgehead atoms. The van der Waals surface area contributed by atoms with E-state index in [1.165, 1.54) is 23.1 Å². The van der Waals surface area contributed by atoms with Crippen molar-refractivity contribution in [3.05, 3.63) is 107 Å². The number of hydrogen-bond acceptors (Lipinski definition) is 6. The van der Waals surface area contributed by atoms with Crippen LogP contribution in [0.1, 0.15) is 16.9 Å². The van der Waals surface area contributed by atoms with Crippen molar-refractivity contribution in [2.45, 2.75) is 18.0 Å². The zero-order chi connectivity index (χ0) is 24.7. The Morgan fingerprint density at radius 3 is 2.53 bits per heavy atom. The third kappa shape index (κ3) is 6.02. The van der Waals surface area contributed by atoms with E-state index in [1.807, 2.05) is 89.5 Å². The Bertz CT molecular complexity index is 1450. The summed E-state index contributed by atoms with van der Waals surface area (Å²) in [6.45, 7) is 0. The van der Waals surface area contributed by atoms with Crippen LogP contribution in [0, 0.1) is 0 Å². The highest BCUT2D eigenvalue weighted by atomic mass is 35.5. The molecule has 0 saturated carbocycles. The van der Waals surface area contributed by atoms with Gasteiger partial charge in [-0.05, 0) is 29.8 Å². The SMILES string of the molecule is O=C(CCSc1nnc(-c2ccccc2)n1-c1ccccc1)Nc1ncc(Cc2cccc(Cl)c2)s1. The number of carbonyl (C=O) groups excluding carboxylic acids is 1. The summed E-state index contributed by atoms with van der Waals surface area (Å²) >= 11 is 9.05. The Balaban J connectivity index is 1.21. The van der Waals surface area contributed by atoms with Crippen molar-refractivity contribution in [3.8, 4) is 17.1 Å². The molecule has 0 aliphatic carbocycles. The van der Waals surface area contributed by atoms with Crippen molar-refractivity contribution in [2.75, 3.05) is 11.1 Å². The number of benzene rings is 3. The molecular weight excluding hydrogens is 510 g/mol. The number of hydrogen-bond donors (Lipinski definition) is 1. The summed E-state index contributed by atoms with van der Waals surface area (Å²) in [5, 5.41) is 13.8. The highest BCUT2D eigenvalue weighted by molar-refractivity contribution is 7.99. The lowest BCUT2D eigenvalue weighted by Crippen LogP contribution is -2.12. The molecule has 1 N–H and O–H groups in total. The average molecular weight is 532 g/mol. The summed E-state index contributed by atoms with van der Waals surface area (Å²) < 4.78 is 2.03. The van der Waals surface area contributed by atoms with E-state index in [0.29, 0.717) is 22.3 Å². The van der Waals surface area contributed by atoms with Crippen molar-refractivity contribution in [2.24, 2.45) is 0 Å². The fraction of sp³-hybridized carbons (Fsp3) is 0.111. The molecule has 5 aromatic rings. The van der Waals surface area contributed by atoms with Gasteiger partial charge in [-0.15, -0.1) is 21.5 Å². The molecule has 0 unspecified atom stereocenters. The molecule has 2 heterocycles. The van der Waals surface area contributed by atoms with E-state index in [0.717, 1.165) is 39.1 Å². The summed E-state index contributed by atoms with van der Waals surface area (Å²) in [4.78, 5) is 18.0. The van der Waals surface area contributed by atoms with Crippen LogP contribution in [-0.2, 0) is 11.2 Å². The molecular formula is C27H22ClN5OS2. The predicted molar refractivity (Wildman–Crippen MR) is 147 cm³/mol. The van der Waals surface area contributed by atoms with Crippen LogP contribution in [0.25, 0.3) is 17.1 Å². The minimum absolute atomic E-state index is 0.0831. The number of halogens is 1. The molecule has 5 rings (SSSR count). The Labute approximate surface area is 222 Å². The lowest BCUT2D eigenvalue weighted by molar-refractivity contribution is -0.115. The first-order valence-corrected chi connectivity index (χ1v) is 13.5. The molecule has 0 aliphatic rings. The number of nitrogens with one attached hydrogen (secondary N) is 1. The molecule has 180 valence electrons. The normalized spacial score (nSPS) is 10.9. The van der Waals surface area contributed by atoms with Crippen molar-refractivity contribution in [3.63, 3.8) is 0 Å². The second-order valence-electron chi connectivity index (χ2n) is 7.93. The molecule has 9 heteroatoms. The Morgan fingerprint density at radius 1 is 0.972 bits per heavy atom. The fourth-order valence-electron chi connectivity index (χ4n) is 3.66. The van der Waals surface area contributed by atoms with Gasteiger partial charge in [0.1, 0.15) is 0 Å². The minimum Gasteiger partial charge on any atom is -0.302 e. The molecule has 0 radical (unpaired) electrons. The third-order valence-corrected chi connectivity index (χ3v) is 7.39. The Kier molecular flexibility index (Phi) is 7.76. The number of thioether (sulfide) groups is 1. The average Bonchev–Trinajstić information content (AvgIpc) is 3.52. The number of para-hydroxylation sites is 1. The molecule has 36 heavy (non-hydrogen) atoms. The summed E-state index contributed by atoms with van der Waals surface area (Å²) in [7, 11) is 0. The molecule has 0 fully saturated rings. The third-order valence-electron chi connectivity index (χ3n) is 5.31. The van der Waals surface area contributed by atoms with Gasteiger partial charge in [0.2, 0.25) is 5.91 Å². The second-order valence-corrected chi connectivity index (χ2v) is 10.5. The number of aromatic nitrogens is 4. The second kappa shape index (κ2) is 11.5. The van der Waals surface area contributed by atoms with Crippen molar-refractivity contribution in [1.29, 1.82) is 0 Å². The monoisotopic (exact) mass is 531 g/mol. The van der Waals surface area contributed by atoms with Gasteiger partial charge in [-0.1, -0.05) is 84.0 Å². The molecule has 0 spiro atoms. The summed E-state index contributed by atoms with van der Waals surface area (Å²) in [5.41, 5.74) is 3.07. The molecule has 0 aliphatic heterocycles. The standard InChI is InChI=1S/C27H22ClN5OS2/c28-21-11-7-8-19(16-21)17-23-18-29-26(36-23)30-24(34)14-15-35-27-32-31-25(20-9-3-1-4-10-20)33(27)22-12-5-2-6-13-22/h1-13,16,18H,14-15,17H2,(H,29,30,34). The maximum absolute atomic E-state index is 12.6. The lowest BCUT2D eigenvalue weighted by atomic mass is 10.1. The van der Waals surface area contributed by atoms with E-state index < -0.39 is 0 Å². The molecule has 1 amide bonds. The van der Waals surface area contributed by atoms with Gasteiger partial charge in [-0.25, -0.2) is 4.98 Å². The van der Waals surface area contributed by atoms with Crippen LogP contribution in [0.15, 0.2) is 96.3 Å². The molecule has 2 aromatic heterocycles. The van der Waals surface area contributed by atoms with Crippen LogP contribution >= 0.6 is 34.7 Å². The van der Waals surface area contributed by atoms with Gasteiger partial charge in [0.15, 0.2) is 16.1 Å². The van der Waals surface area contributed by atoms with E-state index in [9.17, 15) is 4.79 Å². The van der Waals surface area contributed by atoms with Gasteiger partial charge in [0.25, 0.3) is 0 Å². The molecule has 6 nitrogen and oxygen atoms in total. The first-order chi connectivity index (χ1) is 17.7. The number of nitrogens with zero attached hydrogens (tertiary/aromatic N) is 4. The van der Waals surface area contributed by atoms with Crippen LogP contribution in [-0.4, -0.2) is 31.4 Å². The van der Waals surface area contributed by atoms with E-state index in [2.05, 4.69) is 20.5 Å². The van der Waals surface area contributed by atoms with Crippen LogP contribution in [0.5, 0.6) is 0 Å². The highest BCUT2D eigenvalue weighted by Gasteiger charge is 2.16. The van der Waals surface area contributed by atoms with Gasteiger partial charge >= 0.3 is 0 Å². The van der Waals surface area contributed by atoms with Gasteiger partial charge in [-0.2, -0.15) is 0 Å². The number of carbonyl (C=O) groups is 1. The maximum atomic E-state index is 12.6. The first kappa shape index (κ1) is 24.2. The fourth-order valence-corrected chi connectivity index (χ4v) is 5.62. The van der Waals surface area contributed by atoms with E-state index >= 15 is 0 Å². The summed E-state index contributed by atoms with van der Waals surface area (Å²) in [6.07, 6.45) is 2.85. The zero-order valence-electron chi connectivity index (χ0n) is 19.2. The van der Waals surface area contributed by atoms with E-state index in [1.54, 1.807) is 6.20 Å². The van der Waals surface area contributed by atoms with Crippen LogP contribution in [0.2, 0.25) is 5.02 Å². The molecule has 0 atom stereocenters. The molecule has 0 saturated heterocycles. The minimum atomic E-state index is -0.0831. The van der Waals surface area contributed by atoms with Crippen molar-refractivity contribution in [1.82, 2.24) is 19.7 Å². The Hall–Kier alpha value is -3.46. The maximum Gasteiger partial charge on any atom is 0.226 e. The number of thiazole rings is 1. The zero-order valence-corrected chi connectivity index (χ0v) is 21.6. The highest BCUT2D eigenvalue weighted by Crippen LogP contribution is 2.28. The topological polar surface area (TPSA) is 72.7 Å². The van der Waals surface area contributed by atoms with Gasteiger partial charge in [-0.3, -0.25) is 9.36 Å². The number of amides is 1. The summed E-state index contributed by atoms with van der Waals surface area (Å²) in [5.74, 6) is 1.25. The van der Waals surface area contributed by atoms with Crippen LogP contribution in [0.3, 0.4) is 0 Å².